The number of carbonyl (C=O) groups is 3. The van der Waals surface area contributed by atoms with Gasteiger partial charge in [-0.2, -0.15) is 0 Å². The van der Waals surface area contributed by atoms with Crippen molar-refractivity contribution in [3.63, 3.8) is 0 Å². The lowest BCUT2D eigenvalue weighted by Gasteiger charge is -2.31. The summed E-state index contributed by atoms with van der Waals surface area (Å²) in [4.78, 5) is 40.9. The second-order valence-corrected chi connectivity index (χ2v) is 11.7. The second kappa shape index (κ2) is 11.9. The molecule has 1 N–H and O–H groups in total. The SMILES string of the molecule is CNC(=O)C(Cc1ccccc1)N(Cc1cccc(Br)c1)C(=O)CCCN1C(=O)c2ccccc2S1(=O)=O. The molecular formula is C28H28BrN3O5S. The second-order valence-electron chi connectivity index (χ2n) is 8.95. The molecule has 0 aliphatic carbocycles. The maximum Gasteiger partial charge on any atom is 0.269 e. The van der Waals surface area contributed by atoms with Crippen LogP contribution in [0.1, 0.15) is 34.3 Å². The smallest absolute Gasteiger partial charge is 0.269 e. The van der Waals surface area contributed by atoms with Gasteiger partial charge in [-0.1, -0.05) is 70.5 Å². The molecule has 0 fully saturated rings. The van der Waals surface area contributed by atoms with E-state index in [1.54, 1.807) is 12.1 Å². The van der Waals surface area contributed by atoms with Gasteiger partial charge in [0.05, 0.1) is 5.56 Å². The quantitative estimate of drug-likeness (QED) is 0.383. The summed E-state index contributed by atoms with van der Waals surface area (Å²) < 4.78 is 27.4. The molecule has 0 saturated carbocycles. The Kier molecular flexibility index (Phi) is 8.63. The molecule has 38 heavy (non-hydrogen) atoms. The average molecular weight is 599 g/mol. The van der Waals surface area contributed by atoms with E-state index in [-0.39, 0.29) is 48.2 Å². The lowest BCUT2D eigenvalue weighted by molar-refractivity contribution is -0.141. The van der Waals surface area contributed by atoms with Crippen molar-refractivity contribution in [1.29, 1.82) is 0 Å². The summed E-state index contributed by atoms with van der Waals surface area (Å²) in [6, 6.07) is 22.2. The van der Waals surface area contributed by atoms with Crippen LogP contribution in [-0.2, 0) is 32.6 Å². The number of amides is 3. The van der Waals surface area contributed by atoms with E-state index in [9.17, 15) is 22.8 Å². The Labute approximate surface area is 230 Å². The van der Waals surface area contributed by atoms with Crippen LogP contribution in [0.2, 0.25) is 0 Å². The Morgan fingerprint density at radius 1 is 0.974 bits per heavy atom. The van der Waals surface area contributed by atoms with Gasteiger partial charge in [-0.15, -0.1) is 0 Å². The Morgan fingerprint density at radius 3 is 2.34 bits per heavy atom. The van der Waals surface area contributed by atoms with Crippen molar-refractivity contribution in [2.45, 2.75) is 36.7 Å². The summed E-state index contributed by atoms with van der Waals surface area (Å²) in [5.41, 5.74) is 1.87. The molecular weight excluding hydrogens is 570 g/mol. The van der Waals surface area contributed by atoms with Crippen LogP contribution in [-0.4, -0.2) is 55.0 Å². The number of rotatable bonds is 10. The lowest BCUT2D eigenvalue weighted by atomic mass is 10.0. The number of sulfonamides is 1. The average Bonchev–Trinajstić information content (AvgIpc) is 3.11. The predicted octanol–water partition coefficient (Wildman–Crippen LogP) is 3.76. The molecule has 0 saturated heterocycles. The number of halogens is 1. The van der Waals surface area contributed by atoms with Gasteiger partial charge in [0.15, 0.2) is 0 Å². The topological polar surface area (TPSA) is 104 Å². The van der Waals surface area contributed by atoms with Gasteiger partial charge in [-0.3, -0.25) is 14.4 Å². The molecule has 198 valence electrons. The Morgan fingerprint density at radius 2 is 1.66 bits per heavy atom. The van der Waals surface area contributed by atoms with E-state index >= 15 is 0 Å². The van der Waals surface area contributed by atoms with Gasteiger partial charge in [0, 0.05) is 37.5 Å². The zero-order valence-corrected chi connectivity index (χ0v) is 23.2. The summed E-state index contributed by atoms with van der Waals surface area (Å²) in [5.74, 6) is -1.20. The van der Waals surface area contributed by atoms with Crippen molar-refractivity contribution in [3.05, 3.63) is 100 Å². The first kappa shape index (κ1) is 27.5. The molecule has 1 unspecified atom stereocenters. The Hall–Kier alpha value is -3.50. The molecule has 0 spiro atoms. The lowest BCUT2D eigenvalue weighted by Crippen LogP contribution is -2.49. The predicted molar refractivity (Wildman–Crippen MR) is 147 cm³/mol. The number of nitrogens with zero attached hydrogens (tertiary/aromatic N) is 2. The van der Waals surface area contributed by atoms with Crippen LogP contribution in [0, 0.1) is 0 Å². The van der Waals surface area contributed by atoms with Gasteiger partial charge in [0.1, 0.15) is 10.9 Å². The molecule has 1 atom stereocenters. The van der Waals surface area contributed by atoms with E-state index in [2.05, 4.69) is 21.2 Å². The number of nitrogens with one attached hydrogen (secondary N) is 1. The molecule has 3 aromatic carbocycles. The van der Waals surface area contributed by atoms with Crippen molar-refractivity contribution >= 4 is 43.7 Å². The largest absolute Gasteiger partial charge is 0.357 e. The van der Waals surface area contributed by atoms with Crippen LogP contribution >= 0.6 is 15.9 Å². The minimum Gasteiger partial charge on any atom is -0.357 e. The fourth-order valence-electron chi connectivity index (χ4n) is 4.52. The number of likely N-dealkylation sites (N-methyl/N-ethyl adjacent to an activating group) is 1. The molecule has 1 aliphatic heterocycles. The molecule has 8 nitrogen and oxygen atoms in total. The normalized spacial score (nSPS) is 14.6. The van der Waals surface area contributed by atoms with E-state index in [4.69, 9.17) is 0 Å². The maximum atomic E-state index is 13.6. The highest BCUT2D eigenvalue weighted by atomic mass is 79.9. The summed E-state index contributed by atoms with van der Waals surface area (Å²) in [7, 11) is -2.42. The summed E-state index contributed by atoms with van der Waals surface area (Å²) in [6.45, 7) is 0.0607. The van der Waals surface area contributed by atoms with Gasteiger partial charge in [-0.05, 0) is 41.8 Å². The van der Waals surface area contributed by atoms with Gasteiger partial charge in [0.2, 0.25) is 11.8 Å². The van der Waals surface area contributed by atoms with Gasteiger partial charge in [-0.25, -0.2) is 12.7 Å². The van der Waals surface area contributed by atoms with Crippen molar-refractivity contribution < 1.29 is 22.8 Å². The minimum absolute atomic E-state index is 0.0184. The zero-order chi connectivity index (χ0) is 27.3. The number of benzene rings is 3. The van der Waals surface area contributed by atoms with Crippen LogP contribution in [0.3, 0.4) is 0 Å². The standard InChI is InChI=1S/C28H28BrN3O5S/c1-30-27(34)24(18-20-9-3-2-4-10-20)31(19-21-11-7-12-22(29)17-21)26(33)15-8-16-32-28(35)23-13-5-6-14-25(23)38(32,36)37/h2-7,9-14,17,24H,8,15-16,18-19H2,1H3,(H,30,34). The number of hydrogen-bond acceptors (Lipinski definition) is 5. The van der Waals surface area contributed by atoms with E-state index in [0.29, 0.717) is 6.42 Å². The van der Waals surface area contributed by atoms with E-state index in [1.807, 2.05) is 54.6 Å². The van der Waals surface area contributed by atoms with Crippen LogP contribution in [0.5, 0.6) is 0 Å². The molecule has 1 heterocycles. The third-order valence-corrected chi connectivity index (χ3v) is 8.76. The van der Waals surface area contributed by atoms with Crippen LogP contribution in [0.15, 0.2) is 88.2 Å². The molecule has 0 aromatic heterocycles. The fourth-order valence-corrected chi connectivity index (χ4v) is 6.58. The third-order valence-electron chi connectivity index (χ3n) is 6.42. The Balaban J connectivity index is 1.54. The summed E-state index contributed by atoms with van der Waals surface area (Å²) in [6.07, 6.45) is 0.402. The first-order valence-electron chi connectivity index (χ1n) is 12.2. The van der Waals surface area contributed by atoms with E-state index < -0.39 is 22.0 Å². The number of fused-ring (bicyclic) bond motifs is 1. The van der Waals surface area contributed by atoms with Crippen LogP contribution < -0.4 is 5.32 Å². The molecule has 10 heteroatoms. The van der Waals surface area contributed by atoms with Crippen molar-refractivity contribution in [3.8, 4) is 0 Å². The molecule has 0 radical (unpaired) electrons. The van der Waals surface area contributed by atoms with Crippen LogP contribution in [0.25, 0.3) is 0 Å². The zero-order valence-electron chi connectivity index (χ0n) is 20.8. The first-order valence-corrected chi connectivity index (χ1v) is 14.4. The highest BCUT2D eigenvalue weighted by Crippen LogP contribution is 2.30. The number of hydrogen-bond donors (Lipinski definition) is 1. The van der Waals surface area contributed by atoms with E-state index in [0.717, 1.165) is 19.9 Å². The third kappa shape index (κ3) is 5.97. The molecule has 1 aliphatic rings. The molecule has 3 amide bonds. The van der Waals surface area contributed by atoms with E-state index in [1.165, 1.54) is 24.1 Å². The number of carbonyl (C=O) groups excluding carboxylic acids is 3. The molecule has 4 rings (SSSR count). The fraction of sp³-hybridized carbons (Fsp3) is 0.250. The Bertz CT molecular complexity index is 1450. The maximum absolute atomic E-state index is 13.6. The van der Waals surface area contributed by atoms with Crippen molar-refractivity contribution in [1.82, 2.24) is 14.5 Å². The first-order chi connectivity index (χ1) is 18.2. The van der Waals surface area contributed by atoms with Crippen LogP contribution in [0.4, 0.5) is 0 Å². The van der Waals surface area contributed by atoms with Gasteiger partial charge in [0.25, 0.3) is 15.9 Å². The summed E-state index contributed by atoms with van der Waals surface area (Å²) in [5, 5.41) is 2.67. The molecule has 0 bridgehead atoms. The van der Waals surface area contributed by atoms with Gasteiger partial charge >= 0.3 is 0 Å². The molecule has 3 aromatic rings. The highest BCUT2D eigenvalue weighted by molar-refractivity contribution is 9.10. The highest BCUT2D eigenvalue weighted by Gasteiger charge is 2.40. The van der Waals surface area contributed by atoms with Crippen molar-refractivity contribution in [2.24, 2.45) is 0 Å². The minimum atomic E-state index is -3.95. The monoisotopic (exact) mass is 597 g/mol. The van der Waals surface area contributed by atoms with Gasteiger partial charge < -0.3 is 10.2 Å². The van der Waals surface area contributed by atoms with Crippen molar-refractivity contribution in [2.75, 3.05) is 13.6 Å². The summed E-state index contributed by atoms with van der Waals surface area (Å²) >= 11 is 3.45.